The SMILES string of the molecule is CC(C)c1nc([C@@H]2CCCN(c3ncnc4ccc(F)cc34)C2)no1. The van der Waals surface area contributed by atoms with Gasteiger partial charge in [-0.25, -0.2) is 14.4 Å². The Morgan fingerprint density at radius 3 is 2.96 bits per heavy atom. The molecule has 3 heterocycles. The standard InChI is InChI=1S/C18H20FN5O/c1-11(2)18-22-16(23-25-18)12-4-3-7-24(9-12)17-14-8-13(19)5-6-15(14)20-10-21-17/h5-6,8,10-12H,3-4,7,9H2,1-2H3/t12-/m1/s1. The highest BCUT2D eigenvalue weighted by Gasteiger charge is 2.27. The monoisotopic (exact) mass is 341 g/mol. The third-order valence-electron chi connectivity index (χ3n) is 4.61. The van der Waals surface area contributed by atoms with Gasteiger partial charge in [0.1, 0.15) is 18.0 Å². The summed E-state index contributed by atoms with van der Waals surface area (Å²) in [6.45, 7) is 5.67. The van der Waals surface area contributed by atoms with Crippen molar-refractivity contribution in [1.29, 1.82) is 0 Å². The van der Waals surface area contributed by atoms with Crippen LogP contribution in [0.3, 0.4) is 0 Å². The van der Waals surface area contributed by atoms with Gasteiger partial charge >= 0.3 is 0 Å². The lowest BCUT2D eigenvalue weighted by Crippen LogP contribution is -2.35. The van der Waals surface area contributed by atoms with Gasteiger partial charge in [-0.3, -0.25) is 0 Å². The van der Waals surface area contributed by atoms with Crippen LogP contribution in [0.4, 0.5) is 10.2 Å². The Morgan fingerprint density at radius 1 is 1.28 bits per heavy atom. The van der Waals surface area contributed by atoms with E-state index >= 15 is 0 Å². The van der Waals surface area contributed by atoms with Gasteiger partial charge in [0, 0.05) is 30.3 Å². The van der Waals surface area contributed by atoms with Crippen molar-refractivity contribution in [2.75, 3.05) is 18.0 Å². The topological polar surface area (TPSA) is 67.9 Å². The van der Waals surface area contributed by atoms with Gasteiger partial charge in [-0.2, -0.15) is 4.98 Å². The Bertz CT molecular complexity index is 894. The molecule has 1 atom stereocenters. The van der Waals surface area contributed by atoms with Crippen LogP contribution in [0.2, 0.25) is 0 Å². The number of rotatable bonds is 3. The Balaban J connectivity index is 1.64. The van der Waals surface area contributed by atoms with Gasteiger partial charge in [0.05, 0.1) is 5.52 Å². The quantitative estimate of drug-likeness (QED) is 0.724. The second-order valence-electron chi connectivity index (χ2n) is 6.79. The number of hydrogen-bond donors (Lipinski definition) is 0. The van der Waals surface area contributed by atoms with Crippen LogP contribution in [0.25, 0.3) is 10.9 Å². The molecule has 0 radical (unpaired) electrons. The van der Waals surface area contributed by atoms with E-state index in [2.05, 4.69) is 25.0 Å². The van der Waals surface area contributed by atoms with E-state index in [1.807, 2.05) is 13.8 Å². The van der Waals surface area contributed by atoms with Crippen molar-refractivity contribution in [1.82, 2.24) is 20.1 Å². The third-order valence-corrected chi connectivity index (χ3v) is 4.61. The summed E-state index contributed by atoms with van der Waals surface area (Å²) in [5, 5.41) is 4.90. The first-order valence-electron chi connectivity index (χ1n) is 8.60. The first-order valence-corrected chi connectivity index (χ1v) is 8.60. The highest BCUT2D eigenvalue weighted by molar-refractivity contribution is 5.89. The van der Waals surface area contributed by atoms with E-state index in [-0.39, 0.29) is 17.7 Å². The number of hydrogen-bond acceptors (Lipinski definition) is 6. The molecule has 0 unspecified atom stereocenters. The predicted molar refractivity (Wildman–Crippen MR) is 92.1 cm³/mol. The lowest BCUT2D eigenvalue weighted by atomic mass is 9.97. The molecule has 4 rings (SSSR count). The number of fused-ring (bicyclic) bond motifs is 1. The number of piperidine rings is 1. The zero-order chi connectivity index (χ0) is 17.4. The summed E-state index contributed by atoms with van der Waals surface area (Å²) in [6.07, 6.45) is 3.53. The van der Waals surface area contributed by atoms with Crippen molar-refractivity contribution in [3.8, 4) is 0 Å². The Hall–Kier alpha value is -2.57. The van der Waals surface area contributed by atoms with Crippen molar-refractivity contribution >= 4 is 16.7 Å². The number of aromatic nitrogens is 4. The summed E-state index contributed by atoms with van der Waals surface area (Å²) in [5.74, 6) is 2.30. The Labute approximate surface area is 145 Å². The minimum absolute atomic E-state index is 0.184. The zero-order valence-corrected chi connectivity index (χ0v) is 14.3. The second kappa shape index (κ2) is 6.38. The fourth-order valence-corrected chi connectivity index (χ4v) is 3.30. The minimum Gasteiger partial charge on any atom is -0.355 e. The number of anilines is 1. The molecule has 0 saturated carbocycles. The summed E-state index contributed by atoms with van der Waals surface area (Å²) >= 11 is 0. The molecule has 7 heteroatoms. The normalized spacial score (nSPS) is 18.2. The average molecular weight is 341 g/mol. The average Bonchev–Trinajstić information content (AvgIpc) is 3.12. The molecule has 1 fully saturated rings. The molecule has 25 heavy (non-hydrogen) atoms. The second-order valence-corrected chi connectivity index (χ2v) is 6.79. The van der Waals surface area contributed by atoms with Crippen molar-refractivity contribution in [3.05, 3.63) is 42.1 Å². The molecule has 1 aliphatic heterocycles. The molecule has 0 bridgehead atoms. The summed E-state index contributed by atoms with van der Waals surface area (Å²) < 4.78 is 19.0. The largest absolute Gasteiger partial charge is 0.355 e. The van der Waals surface area contributed by atoms with Gasteiger partial charge in [0.15, 0.2) is 5.82 Å². The van der Waals surface area contributed by atoms with Crippen LogP contribution in [-0.4, -0.2) is 33.2 Å². The van der Waals surface area contributed by atoms with Gasteiger partial charge in [-0.15, -0.1) is 0 Å². The Kier molecular flexibility index (Phi) is 4.07. The lowest BCUT2D eigenvalue weighted by Gasteiger charge is -2.32. The van der Waals surface area contributed by atoms with Crippen LogP contribution in [0, 0.1) is 5.82 Å². The smallest absolute Gasteiger partial charge is 0.229 e. The molecule has 0 amide bonds. The van der Waals surface area contributed by atoms with Crippen molar-refractivity contribution < 1.29 is 8.91 Å². The molecule has 1 saturated heterocycles. The molecular formula is C18H20FN5O. The predicted octanol–water partition coefficient (Wildman–Crippen LogP) is 3.66. The molecule has 6 nitrogen and oxygen atoms in total. The highest BCUT2D eigenvalue weighted by Crippen LogP contribution is 2.31. The fourth-order valence-electron chi connectivity index (χ4n) is 3.30. The zero-order valence-electron chi connectivity index (χ0n) is 14.3. The van der Waals surface area contributed by atoms with Crippen LogP contribution in [-0.2, 0) is 0 Å². The van der Waals surface area contributed by atoms with E-state index in [4.69, 9.17) is 4.52 Å². The van der Waals surface area contributed by atoms with E-state index in [1.165, 1.54) is 18.5 Å². The van der Waals surface area contributed by atoms with E-state index in [0.717, 1.165) is 48.5 Å². The van der Waals surface area contributed by atoms with Crippen molar-refractivity contribution in [3.63, 3.8) is 0 Å². The summed E-state index contributed by atoms with van der Waals surface area (Å²) in [4.78, 5) is 15.4. The van der Waals surface area contributed by atoms with Crippen LogP contribution in [0.15, 0.2) is 29.0 Å². The maximum Gasteiger partial charge on any atom is 0.229 e. The number of nitrogens with zero attached hydrogens (tertiary/aromatic N) is 5. The Morgan fingerprint density at radius 2 is 2.16 bits per heavy atom. The van der Waals surface area contributed by atoms with Crippen LogP contribution in [0.5, 0.6) is 0 Å². The summed E-state index contributed by atoms with van der Waals surface area (Å²) in [7, 11) is 0. The highest BCUT2D eigenvalue weighted by atomic mass is 19.1. The number of halogens is 1. The molecule has 0 spiro atoms. The third kappa shape index (κ3) is 3.06. The molecular weight excluding hydrogens is 321 g/mol. The molecule has 0 N–H and O–H groups in total. The molecule has 2 aromatic heterocycles. The minimum atomic E-state index is -0.281. The molecule has 130 valence electrons. The van der Waals surface area contributed by atoms with Gasteiger partial charge in [0.2, 0.25) is 5.89 Å². The maximum absolute atomic E-state index is 13.7. The maximum atomic E-state index is 13.7. The van der Waals surface area contributed by atoms with Gasteiger partial charge < -0.3 is 9.42 Å². The molecule has 1 aliphatic rings. The lowest BCUT2D eigenvalue weighted by molar-refractivity contribution is 0.354. The van der Waals surface area contributed by atoms with E-state index in [0.29, 0.717) is 5.89 Å². The van der Waals surface area contributed by atoms with Gasteiger partial charge in [-0.1, -0.05) is 19.0 Å². The van der Waals surface area contributed by atoms with Crippen molar-refractivity contribution in [2.45, 2.75) is 38.5 Å². The molecule has 3 aromatic rings. The van der Waals surface area contributed by atoms with Crippen LogP contribution < -0.4 is 4.90 Å². The first-order chi connectivity index (χ1) is 12.1. The molecule has 0 aliphatic carbocycles. The van der Waals surface area contributed by atoms with Gasteiger partial charge in [-0.05, 0) is 31.0 Å². The summed E-state index contributed by atoms with van der Waals surface area (Å²) in [6, 6.07) is 4.61. The van der Waals surface area contributed by atoms with E-state index in [1.54, 1.807) is 6.07 Å². The molecule has 1 aromatic carbocycles. The van der Waals surface area contributed by atoms with E-state index in [9.17, 15) is 4.39 Å². The van der Waals surface area contributed by atoms with Crippen LogP contribution in [0.1, 0.15) is 50.2 Å². The number of benzene rings is 1. The van der Waals surface area contributed by atoms with Crippen molar-refractivity contribution in [2.24, 2.45) is 0 Å². The summed E-state index contributed by atoms with van der Waals surface area (Å²) in [5.41, 5.74) is 0.746. The van der Waals surface area contributed by atoms with Crippen LogP contribution >= 0.6 is 0 Å². The van der Waals surface area contributed by atoms with E-state index < -0.39 is 0 Å². The fraction of sp³-hybridized carbons (Fsp3) is 0.444. The van der Waals surface area contributed by atoms with Gasteiger partial charge in [0.25, 0.3) is 0 Å². The first kappa shape index (κ1) is 15.9.